The zero-order valence-corrected chi connectivity index (χ0v) is 11.7. The quantitative estimate of drug-likeness (QED) is 0.769. The number of carbonyl (C=O) groups excluding carboxylic acids is 1. The van der Waals surface area contributed by atoms with E-state index in [0.29, 0.717) is 17.2 Å². The second-order valence-electron chi connectivity index (χ2n) is 4.45. The van der Waals surface area contributed by atoms with E-state index in [-0.39, 0.29) is 11.6 Å². The van der Waals surface area contributed by atoms with E-state index in [4.69, 9.17) is 16.3 Å². The molecular formula is C16H14ClFO2. The normalized spacial score (nSPS) is 12.2. The number of hydrogen-bond acceptors (Lipinski definition) is 2. The minimum absolute atomic E-state index is 0.174. The first-order valence-corrected chi connectivity index (χ1v) is 6.60. The Hall–Kier alpha value is -1.71. The van der Waals surface area contributed by atoms with Crippen molar-refractivity contribution in [3.05, 3.63) is 70.5 Å². The Morgan fingerprint density at radius 2 is 1.95 bits per heavy atom. The third-order valence-corrected chi connectivity index (χ3v) is 3.12. The van der Waals surface area contributed by atoms with E-state index in [9.17, 15) is 9.18 Å². The Balaban J connectivity index is 1.96. The van der Waals surface area contributed by atoms with Crippen LogP contribution in [0.1, 0.15) is 22.8 Å². The minimum Gasteiger partial charge on any atom is -0.366 e. The Bertz CT molecular complexity index is 596. The number of benzene rings is 2. The van der Waals surface area contributed by atoms with Crippen molar-refractivity contribution in [2.45, 2.75) is 19.6 Å². The summed E-state index contributed by atoms with van der Waals surface area (Å²) in [7, 11) is 0. The van der Waals surface area contributed by atoms with Crippen LogP contribution in [0, 0.1) is 5.82 Å². The van der Waals surface area contributed by atoms with E-state index in [2.05, 4.69) is 0 Å². The van der Waals surface area contributed by atoms with Gasteiger partial charge in [-0.2, -0.15) is 0 Å². The molecule has 0 radical (unpaired) electrons. The summed E-state index contributed by atoms with van der Waals surface area (Å²) >= 11 is 5.88. The van der Waals surface area contributed by atoms with Gasteiger partial charge in [-0.25, -0.2) is 4.39 Å². The van der Waals surface area contributed by atoms with Crippen LogP contribution in [0.15, 0.2) is 48.5 Å². The fourth-order valence-corrected chi connectivity index (χ4v) is 1.99. The molecule has 2 aromatic rings. The fourth-order valence-electron chi connectivity index (χ4n) is 1.77. The van der Waals surface area contributed by atoms with Crippen LogP contribution in [0.25, 0.3) is 0 Å². The van der Waals surface area contributed by atoms with Crippen molar-refractivity contribution in [2.24, 2.45) is 0 Å². The predicted molar refractivity (Wildman–Crippen MR) is 76.4 cm³/mol. The average molecular weight is 293 g/mol. The molecule has 0 aromatic heterocycles. The van der Waals surface area contributed by atoms with Gasteiger partial charge in [0.25, 0.3) is 0 Å². The highest BCUT2D eigenvalue weighted by atomic mass is 35.5. The van der Waals surface area contributed by atoms with Gasteiger partial charge in [-0.05, 0) is 48.9 Å². The summed E-state index contributed by atoms with van der Waals surface area (Å²) in [4.78, 5) is 12.1. The van der Waals surface area contributed by atoms with Gasteiger partial charge in [0.05, 0.1) is 6.61 Å². The van der Waals surface area contributed by atoms with Crippen molar-refractivity contribution >= 4 is 17.4 Å². The van der Waals surface area contributed by atoms with Crippen molar-refractivity contribution in [2.75, 3.05) is 0 Å². The lowest BCUT2D eigenvalue weighted by atomic mass is 10.1. The largest absolute Gasteiger partial charge is 0.366 e. The molecule has 20 heavy (non-hydrogen) atoms. The number of carbonyl (C=O) groups is 1. The first kappa shape index (κ1) is 14.7. The van der Waals surface area contributed by atoms with E-state index in [1.165, 1.54) is 24.3 Å². The van der Waals surface area contributed by atoms with Crippen LogP contribution in [-0.2, 0) is 11.3 Å². The Labute approximate surface area is 122 Å². The highest BCUT2D eigenvalue weighted by Gasteiger charge is 2.15. The van der Waals surface area contributed by atoms with Gasteiger partial charge < -0.3 is 4.74 Å². The molecule has 0 saturated heterocycles. The molecule has 0 aliphatic heterocycles. The molecule has 0 N–H and O–H groups in total. The monoisotopic (exact) mass is 292 g/mol. The molecule has 2 nitrogen and oxygen atoms in total. The molecule has 0 heterocycles. The van der Waals surface area contributed by atoms with Crippen molar-refractivity contribution in [3.8, 4) is 0 Å². The predicted octanol–water partition coefficient (Wildman–Crippen LogP) is 4.27. The van der Waals surface area contributed by atoms with Crippen LogP contribution in [-0.4, -0.2) is 11.9 Å². The van der Waals surface area contributed by atoms with Crippen molar-refractivity contribution in [1.29, 1.82) is 0 Å². The molecule has 0 bridgehead atoms. The fraction of sp³-hybridized carbons (Fsp3) is 0.188. The summed E-state index contributed by atoms with van der Waals surface area (Å²) in [6.45, 7) is 1.98. The lowest BCUT2D eigenvalue weighted by molar-refractivity contribution is 0.0412. The topological polar surface area (TPSA) is 26.3 Å². The van der Waals surface area contributed by atoms with Crippen LogP contribution in [0.3, 0.4) is 0 Å². The average Bonchev–Trinajstić information content (AvgIpc) is 2.45. The summed E-state index contributed by atoms with van der Waals surface area (Å²) < 4.78 is 18.3. The van der Waals surface area contributed by atoms with Gasteiger partial charge in [-0.15, -0.1) is 0 Å². The van der Waals surface area contributed by atoms with Crippen molar-refractivity contribution in [3.63, 3.8) is 0 Å². The Morgan fingerprint density at radius 1 is 1.25 bits per heavy atom. The van der Waals surface area contributed by atoms with E-state index in [1.54, 1.807) is 19.1 Å². The van der Waals surface area contributed by atoms with Crippen molar-refractivity contribution in [1.82, 2.24) is 0 Å². The van der Waals surface area contributed by atoms with E-state index in [0.717, 1.165) is 5.56 Å². The second-order valence-corrected chi connectivity index (χ2v) is 4.89. The first-order valence-electron chi connectivity index (χ1n) is 6.22. The highest BCUT2D eigenvalue weighted by molar-refractivity contribution is 6.30. The molecule has 104 valence electrons. The lowest BCUT2D eigenvalue weighted by Gasteiger charge is -2.12. The first-order chi connectivity index (χ1) is 9.56. The maximum Gasteiger partial charge on any atom is 0.191 e. The SMILES string of the molecule is CC(OCc1cccc(Cl)c1)C(=O)c1ccc(F)cc1. The molecule has 0 amide bonds. The number of ether oxygens (including phenoxy) is 1. The summed E-state index contributed by atoms with van der Waals surface area (Å²) in [5.74, 6) is -0.541. The maximum atomic E-state index is 12.8. The molecule has 0 saturated carbocycles. The molecule has 1 atom stereocenters. The van der Waals surface area contributed by atoms with Gasteiger partial charge in [0.1, 0.15) is 11.9 Å². The number of rotatable bonds is 5. The molecule has 0 aliphatic rings. The van der Waals surface area contributed by atoms with Crippen LogP contribution in [0.5, 0.6) is 0 Å². The van der Waals surface area contributed by atoms with Gasteiger partial charge in [0.15, 0.2) is 5.78 Å². The van der Waals surface area contributed by atoms with Gasteiger partial charge in [-0.1, -0.05) is 23.7 Å². The van der Waals surface area contributed by atoms with Gasteiger partial charge >= 0.3 is 0 Å². The molecule has 0 fully saturated rings. The van der Waals surface area contributed by atoms with Crippen LogP contribution < -0.4 is 0 Å². The van der Waals surface area contributed by atoms with Crippen LogP contribution in [0.4, 0.5) is 4.39 Å². The maximum absolute atomic E-state index is 12.8. The standard InChI is InChI=1S/C16H14ClFO2/c1-11(16(19)13-5-7-15(18)8-6-13)20-10-12-3-2-4-14(17)9-12/h2-9,11H,10H2,1H3. The summed E-state index contributed by atoms with van der Waals surface area (Å²) in [5, 5.41) is 0.628. The number of hydrogen-bond donors (Lipinski definition) is 0. The Morgan fingerprint density at radius 3 is 2.60 bits per heavy atom. The minimum atomic E-state index is -0.598. The molecule has 1 unspecified atom stereocenters. The number of Topliss-reactive ketones (excluding diaryl/α,β-unsaturated/α-hetero) is 1. The van der Waals surface area contributed by atoms with Crippen molar-refractivity contribution < 1.29 is 13.9 Å². The molecule has 2 aromatic carbocycles. The molecule has 4 heteroatoms. The summed E-state index contributed by atoms with van der Waals surface area (Å²) in [5.41, 5.74) is 1.33. The zero-order valence-electron chi connectivity index (χ0n) is 11.0. The van der Waals surface area contributed by atoms with E-state index in [1.807, 2.05) is 12.1 Å². The third-order valence-electron chi connectivity index (χ3n) is 2.89. The Kier molecular flexibility index (Phi) is 4.88. The molecule has 0 aliphatic carbocycles. The van der Waals surface area contributed by atoms with Gasteiger partial charge in [0, 0.05) is 10.6 Å². The van der Waals surface area contributed by atoms with Crippen LogP contribution in [0.2, 0.25) is 5.02 Å². The van der Waals surface area contributed by atoms with Gasteiger partial charge in [0.2, 0.25) is 0 Å². The lowest BCUT2D eigenvalue weighted by Crippen LogP contribution is -2.20. The number of ketones is 1. The molecule has 2 rings (SSSR count). The summed E-state index contributed by atoms with van der Waals surface area (Å²) in [6, 6.07) is 12.7. The van der Waals surface area contributed by atoms with E-state index < -0.39 is 6.10 Å². The molecule has 0 spiro atoms. The van der Waals surface area contributed by atoms with E-state index >= 15 is 0 Å². The van der Waals surface area contributed by atoms with Gasteiger partial charge in [-0.3, -0.25) is 4.79 Å². The van der Waals surface area contributed by atoms with Crippen LogP contribution >= 0.6 is 11.6 Å². The number of halogens is 2. The third kappa shape index (κ3) is 3.89. The smallest absolute Gasteiger partial charge is 0.191 e. The zero-order chi connectivity index (χ0) is 14.5. The highest BCUT2D eigenvalue weighted by Crippen LogP contribution is 2.14. The summed E-state index contributed by atoms with van der Waals surface area (Å²) in [6.07, 6.45) is -0.598. The molecular weight excluding hydrogens is 279 g/mol. The second kappa shape index (κ2) is 6.64.